The van der Waals surface area contributed by atoms with Gasteiger partial charge in [0.15, 0.2) is 14.6 Å². The van der Waals surface area contributed by atoms with Crippen molar-refractivity contribution in [2.75, 3.05) is 0 Å². The highest BCUT2D eigenvalue weighted by atomic mass is 79.9. The summed E-state index contributed by atoms with van der Waals surface area (Å²) >= 11 is 6.53. The predicted molar refractivity (Wildman–Crippen MR) is 80.4 cm³/mol. The van der Waals surface area contributed by atoms with Gasteiger partial charge in [0.1, 0.15) is 0 Å². The van der Waals surface area contributed by atoms with E-state index in [1.807, 2.05) is 19.9 Å². The highest BCUT2D eigenvalue weighted by Crippen LogP contribution is 2.54. The smallest absolute Gasteiger partial charge is 0.198 e. The molecule has 1 saturated carbocycles. The fourth-order valence-electron chi connectivity index (χ4n) is 2.72. The second kappa shape index (κ2) is 4.57. The third-order valence-corrected chi connectivity index (χ3v) is 7.20. The quantitative estimate of drug-likeness (QED) is 0.743. The zero-order chi connectivity index (χ0) is 14.5. The van der Waals surface area contributed by atoms with Gasteiger partial charge in [-0.3, -0.25) is 0 Å². The largest absolute Gasteiger partial charge is 0.222 e. The van der Waals surface area contributed by atoms with Crippen molar-refractivity contribution in [3.05, 3.63) is 27.1 Å². The first-order valence-electron chi connectivity index (χ1n) is 5.75. The van der Waals surface area contributed by atoms with E-state index in [1.54, 1.807) is 18.2 Å². The second-order valence-corrected chi connectivity index (χ2v) is 9.70. The van der Waals surface area contributed by atoms with E-state index >= 15 is 0 Å². The fourth-order valence-corrected chi connectivity index (χ4v) is 6.43. The molecule has 0 aliphatic heterocycles. The van der Waals surface area contributed by atoms with Crippen molar-refractivity contribution in [1.82, 2.24) is 0 Å². The molecule has 19 heavy (non-hydrogen) atoms. The molecular formula is C13H13Br2NO2S. The molecule has 0 saturated heterocycles. The highest BCUT2D eigenvalue weighted by molar-refractivity contribution is 9.11. The number of hydrogen-bond acceptors (Lipinski definition) is 3. The Bertz CT molecular complexity index is 666. The standard InChI is InChI=1S/C13H13Br2NO2S/c1-12(2)6-13(7-12,8-16)19(17,18)11-5-9(14)3-4-10(11)15/h3-5H,6-7H2,1-2H3. The Labute approximate surface area is 130 Å². The lowest BCUT2D eigenvalue weighted by molar-refractivity contribution is 0.154. The van der Waals surface area contributed by atoms with E-state index in [1.165, 1.54) is 0 Å². The summed E-state index contributed by atoms with van der Waals surface area (Å²) in [6.45, 7) is 3.96. The topological polar surface area (TPSA) is 57.9 Å². The Balaban J connectivity index is 2.55. The second-order valence-electron chi connectivity index (χ2n) is 5.70. The van der Waals surface area contributed by atoms with Crippen LogP contribution >= 0.6 is 31.9 Å². The fraction of sp³-hybridized carbons (Fsp3) is 0.462. The summed E-state index contributed by atoms with van der Waals surface area (Å²) in [6.07, 6.45) is 0.746. The number of nitriles is 1. The maximum atomic E-state index is 12.8. The van der Waals surface area contributed by atoms with Crippen LogP contribution in [0.25, 0.3) is 0 Å². The van der Waals surface area contributed by atoms with Crippen LogP contribution in [-0.4, -0.2) is 13.2 Å². The zero-order valence-corrected chi connectivity index (χ0v) is 14.6. The van der Waals surface area contributed by atoms with Gasteiger partial charge in [-0.05, 0) is 52.4 Å². The minimum absolute atomic E-state index is 0.0959. The molecule has 0 bridgehead atoms. The van der Waals surface area contributed by atoms with Crippen LogP contribution in [0.4, 0.5) is 0 Å². The van der Waals surface area contributed by atoms with Gasteiger partial charge < -0.3 is 0 Å². The summed E-state index contributed by atoms with van der Waals surface area (Å²) in [5.41, 5.74) is -0.0959. The molecule has 0 amide bonds. The first kappa shape index (κ1) is 15.0. The molecule has 1 aromatic rings. The lowest BCUT2D eigenvalue weighted by Crippen LogP contribution is -2.53. The molecule has 2 rings (SSSR count). The van der Waals surface area contributed by atoms with Crippen molar-refractivity contribution in [1.29, 1.82) is 5.26 Å². The SMILES string of the molecule is CC1(C)CC(C#N)(S(=O)(=O)c2cc(Br)ccc2Br)C1. The van der Waals surface area contributed by atoms with Gasteiger partial charge in [0.2, 0.25) is 0 Å². The van der Waals surface area contributed by atoms with Crippen molar-refractivity contribution >= 4 is 41.7 Å². The van der Waals surface area contributed by atoms with E-state index < -0.39 is 14.6 Å². The van der Waals surface area contributed by atoms with Crippen LogP contribution < -0.4 is 0 Å². The molecular weight excluding hydrogens is 394 g/mol. The molecule has 0 spiro atoms. The van der Waals surface area contributed by atoms with Gasteiger partial charge in [0.05, 0.1) is 11.0 Å². The molecule has 3 nitrogen and oxygen atoms in total. The minimum atomic E-state index is -3.68. The van der Waals surface area contributed by atoms with Crippen LogP contribution in [0.5, 0.6) is 0 Å². The number of nitrogens with zero attached hydrogens (tertiary/aromatic N) is 1. The van der Waals surface area contributed by atoms with Crippen LogP contribution in [0.3, 0.4) is 0 Å². The van der Waals surface area contributed by atoms with Crippen LogP contribution in [0.1, 0.15) is 26.7 Å². The van der Waals surface area contributed by atoms with Crippen molar-refractivity contribution in [2.24, 2.45) is 5.41 Å². The van der Waals surface area contributed by atoms with E-state index in [0.29, 0.717) is 21.8 Å². The van der Waals surface area contributed by atoms with Gasteiger partial charge in [-0.2, -0.15) is 5.26 Å². The lowest BCUT2D eigenvalue weighted by Gasteiger charge is -2.47. The van der Waals surface area contributed by atoms with E-state index in [9.17, 15) is 13.7 Å². The molecule has 0 radical (unpaired) electrons. The van der Waals surface area contributed by atoms with Gasteiger partial charge in [0, 0.05) is 8.95 Å². The van der Waals surface area contributed by atoms with E-state index in [4.69, 9.17) is 0 Å². The predicted octanol–water partition coefficient (Wildman–Crippen LogP) is 4.07. The van der Waals surface area contributed by atoms with Crippen molar-refractivity contribution < 1.29 is 8.42 Å². The summed E-state index contributed by atoms with van der Waals surface area (Å²) in [5.74, 6) is 0. The normalized spacial score (nSPS) is 20.4. The molecule has 102 valence electrons. The number of sulfone groups is 1. The molecule has 0 aromatic heterocycles. The maximum Gasteiger partial charge on any atom is 0.198 e. The molecule has 1 aliphatic rings. The molecule has 0 unspecified atom stereocenters. The van der Waals surface area contributed by atoms with Gasteiger partial charge >= 0.3 is 0 Å². The van der Waals surface area contributed by atoms with Crippen LogP contribution in [0, 0.1) is 16.7 Å². The molecule has 0 N–H and O–H groups in total. The molecule has 0 heterocycles. The summed E-state index contributed by atoms with van der Waals surface area (Å²) < 4.78 is 25.4. The molecule has 1 aliphatic carbocycles. The number of halogens is 2. The Morgan fingerprint density at radius 3 is 2.32 bits per heavy atom. The van der Waals surface area contributed by atoms with Gasteiger partial charge in [-0.1, -0.05) is 29.8 Å². The number of hydrogen-bond donors (Lipinski definition) is 0. The Hall–Kier alpha value is -0.380. The molecule has 1 aromatic carbocycles. The van der Waals surface area contributed by atoms with Crippen LogP contribution in [0.2, 0.25) is 0 Å². The number of benzene rings is 1. The Morgan fingerprint density at radius 1 is 1.26 bits per heavy atom. The first-order valence-corrected chi connectivity index (χ1v) is 8.81. The Kier molecular flexibility index (Phi) is 3.62. The van der Waals surface area contributed by atoms with Crippen LogP contribution in [0.15, 0.2) is 32.0 Å². The third kappa shape index (κ3) is 2.37. The van der Waals surface area contributed by atoms with E-state index in [0.717, 1.165) is 0 Å². The maximum absolute atomic E-state index is 12.8. The molecule has 6 heteroatoms. The summed E-state index contributed by atoms with van der Waals surface area (Å²) in [6, 6.07) is 7.01. The van der Waals surface area contributed by atoms with Crippen molar-refractivity contribution in [2.45, 2.75) is 36.3 Å². The molecule has 1 fully saturated rings. The van der Waals surface area contributed by atoms with Crippen LogP contribution in [-0.2, 0) is 9.84 Å². The average Bonchev–Trinajstić information content (AvgIpc) is 2.28. The summed E-state index contributed by atoms with van der Waals surface area (Å²) in [7, 11) is -3.68. The lowest BCUT2D eigenvalue weighted by atomic mass is 9.64. The van der Waals surface area contributed by atoms with Crippen molar-refractivity contribution in [3.63, 3.8) is 0 Å². The van der Waals surface area contributed by atoms with Gasteiger partial charge in [-0.15, -0.1) is 0 Å². The first-order chi connectivity index (χ1) is 8.63. The highest BCUT2D eigenvalue weighted by Gasteiger charge is 2.59. The van der Waals surface area contributed by atoms with Gasteiger partial charge in [0.25, 0.3) is 0 Å². The summed E-state index contributed by atoms with van der Waals surface area (Å²) in [4.78, 5) is 0.180. The number of rotatable bonds is 2. The Morgan fingerprint density at radius 2 is 1.84 bits per heavy atom. The molecule has 0 atom stereocenters. The van der Waals surface area contributed by atoms with E-state index in [2.05, 4.69) is 31.9 Å². The minimum Gasteiger partial charge on any atom is -0.222 e. The van der Waals surface area contributed by atoms with Gasteiger partial charge in [-0.25, -0.2) is 8.42 Å². The third-order valence-electron chi connectivity index (χ3n) is 3.43. The summed E-state index contributed by atoms with van der Waals surface area (Å²) in [5, 5.41) is 9.37. The monoisotopic (exact) mass is 405 g/mol. The average molecular weight is 407 g/mol. The zero-order valence-electron chi connectivity index (χ0n) is 10.6. The van der Waals surface area contributed by atoms with E-state index in [-0.39, 0.29) is 10.3 Å². The van der Waals surface area contributed by atoms with Crippen molar-refractivity contribution in [3.8, 4) is 6.07 Å².